The van der Waals surface area contributed by atoms with Crippen molar-refractivity contribution in [3.05, 3.63) is 35.4 Å². The highest BCUT2D eigenvalue weighted by molar-refractivity contribution is 5.75. The van der Waals surface area contributed by atoms with Crippen LogP contribution in [0, 0.1) is 11.6 Å². The lowest BCUT2D eigenvalue weighted by Crippen LogP contribution is -2.26. The van der Waals surface area contributed by atoms with Gasteiger partial charge in [0.15, 0.2) is 11.6 Å². The van der Waals surface area contributed by atoms with E-state index in [9.17, 15) is 13.6 Å². The maximum Gasteiger partial charge on any atom is 0.223 e. The molecule has 0 heterocycles. The van der Waals surface area contributed by atoms with Gasteiger partial charge in [0, 0.05) is 39.2 Å². The van der Waals surface area contributed by atoms with E-state index in [0.29, 0.717) is 13.0 Å². The molecule has 0 aromatic heterocycles. The summed E-state index contributed by atoms with van der Waals surface area (Å²) in [7, 11) is 3.35. The van der Waals surface area contributed by atoms with Gasteiger partial charge in [-0.1, -0.05) is 12.1 Å². The molecular weight excluding hydrogens is 226 g/mol. The fourth-order valence-electron chi connectivity index (χ4n) is 1.33. The number of nitrogens with zero attached hydrogens (tertiary/aromatic N) is 1. The van der Waals surface area contributed by atoms with Gasteiger partial charge >= 0.3 is 0 Å². The molecule has 1 aromatic rings. The normalized spacial score (nSPS) is 10.4. The second-order valence-electron chi connectivity index (χ2n) is 3.93. The van der Waals surface area contributed by atoms with Gasteiger partial charge in [0.2, 0.25) is 5.91 Å². The molecular formula is C12H16F2N2O. The molecule has 0 aliphatic rings. The van der Waals surface area contributed by atoms with Crippen LogP contribution in [-0.4, -0.2) is 31.4 Å². The third kappa shape index (κ3) is 4.11. The number of benzene rings is 1. The van der Waals surface area contributed by atoms with Crippen molar-refractivity contribution < 1.29 is 13.6 Å². The molecule has 1 rings (SSSR count). The van der Waals surface area contributed by atoms with Crippen LogP contribution in [0.1, 0.15) is 12.0 Å². The van der Waals surface area contributed by atoms with Gasteiger partial charge in [-0.3, -0.25) is 4.79 Å². The Morgan fingerprint density at radius 2 is 2.06 bits per heavy atom. The van der Waals surface area contributed by atoms with Gasteiger partial charge in [-0.2, -0.15) is 0 Å². The molecule has 5 heteroatoms. The Kier molecular flexibility index (Phi) is 5.03. The van der Waals surface area contributed by atoms with Crippen molar-refractivity contribution >= 4 is 5.91 Å². The molecule has 1 aromatic carbocycles. The first-order valence-corrected chi connectivity index (χ1v) is 5.36. The minimum Gasteiger partial charge on any atom is -0.349 e. The minimum absolute atomic E-state index is 0.00258. The summed E-state index contributed by atoms with van der Waals surface area (Å²) < 4.78 is 26.1. The zero-order valence-corrected chi connectivity index (χ0v) is 9.96. The molecule has 0 saturated carbocycles. The largest absolute Gasteiger partial charge is 0.349 e. The lowest BCUT2D eigenvalue weighted by molar-refractivity contribution is -0.128. The lowest BCUT2D eigenvalue weighted by atomic mass is 10.2. The molecule has 94 valence electrons. The van der Waals surface area contributed by atoms with Gasteiger partial charge in [0.05, 0.1) is 0 Å². The number of carbonyl (C=O) groups is 1. The highest BCUT2D eigenvalue weighted by Gasteiger charge is 2.07. The van der Waals surface area contributed by atoms with E-state index in [4.69, 9.17) is 0 Å². The molecule has 0 radical (unpaired) electrons. The van der Waals surface area contributed by atoms with E-state index < -0.39 is 11.6 Å². The fraction of sp³-hybridized carbons (Fsp3) is 0.417. The number of nitrogens with one attached hydrogen (secondary N) is 1. The summed E-state index contributed by atoms with van der Waals surface area (Å²) in [5, 5.41) is 2.90. The van der Waals surface area contributed by atoms with Gasteiger partial charge < -0.3 is 10.2 Å². The van der Waals surface area contributed by atoms with Crippen LogP contribution in [0.4, 0.5) is 8.78 Å². The smallest absolute Gasteiger partial charge is 0.223 e. The average Bonchev–Trinajstić information content (AvgIpc) is 2.29. The molecule has 1 amide bonds. The molecule has 0 atom stereocenters. The maximum atomic E-state index is 13.2. The van der Waals surface area contributed by atoms with Crippen LogP contribution in [0.3, 0.4) is 0 Å². The van der Waals surface area contributed by atoms with Crippen molar-refractivity contribution in [3.8, 4) is 0 Å². The number of hydrogen-bond acceptors (Lipinski definition) is 2. The Labute approximate surface area is 99.4 Å². The van der Waals surface area contributed by atoms with Crippen LogP contribution < -0.4 is 5.32 Å². The van der Waals surface area contributed by atoms with Crippen LogP contribution in [-0.2, 0) is 11.3 Å². The van der Waals surface area contributed by atoms with E-state index in [1.165, 1.54) is 17.0 Å². The number of rotatable bonds is 5. The molecule has 0 unspecified atom stereocenters. The Bertz CT molecular complexity index is 394. The second-order valence-corrected chi connectivity index (χ2v) is 3.93. The summed E-state index contributed by atoms with van der Waals surface area (Å²) in [6.07, 6.45) is 0.337. The third-order valence-corrected chi connectivity index (χ3v) is 2.36. The van der Waals surface area contributed by atoms with Crippen LogP contribution in [0.15, 0.2) is 18.2 Å². The Balaban J connectivity index is 2.36. The van der Waals surface area contributed by atoms with Crippen LogP contribution >= 0.6 is 0 Å². The first kappa shape index (κ1) is 13.6. The molecule has 3 nitrogen and oxygen atoms in total. The zero-order chi connectivity index (χ0) is 12.8. The minimum atomic E-state index is -0.853. The summed E-state index contributed by atoms with van der Waals surface area (Å²) >= 11 is 0. The molecule has 0 fully saturated rings. The number of hydrogen-bond donors (Lipinski definition) is 1. The molecule has 0 aliphatic carbocycles. The quantitative estimate of drug-likeness (QED) is 0.794. The number of carbonyl (C=O) groups excluding carboxylic acids is 1. The summed E-state index contributed by atoms with van der Waals surface area (Å²) in [5.41, 5.74) is 0.266. The van der Waals surface area contributed by atoms with E-state index in [-0.39, 0.29) is 18.0 Å². The van der Waals surface area contributed by atoms with Crippen molar-refractivity contribution in [1.82, 2.24) is 10.2 Å². The van der Waals surface area contributed by atoms with Crippen molar-refractivity contribution in [2.24, 2.45) is 0 Å². The lowest BCUT2D eigenvalue weighted by Gasteiger charge is -2.10. The average molecular weight is 242 g/mol. The standard InChI is InChI=1S/C12H16F2N2O/c1-16(2)11(17)6-7-15-8-9-4-3-5-10(13)12(9)14/h3-5,15H,6-8H2,1-2H3. The highest BCUT2D eigenvalue weighted by atomic mass is 19.2. The topological polar surface area (TPSA) is 32.3 Å². The summed E-state index contributed by atoms with van der Waals surface area (Å²) in [6, 6.07) is 4.05. The Morgan fingerprint density at radius 3 is 2.71 bits per heavy atom. The van der Waals surface area contributed by atoms with Crippen LogP contribution in [0.2, 0.25) is 0 Å². The molecule has 0 spiro atoms. The van der Waals surface area contributed by atoms with E-state index in [2.05, 4.69) is 5.32 Å². The van der Waals surface area contributed by atoms with Crippen molar-refractivity contribution in [2.45, 2.75) is 13.0 Å². The zero-order valence-electron chi connectivity index (χ0n) is 9.96. The SMILES string of the molecule is CN(C)C(=O)CCNCc1cccc(F)c1F. The second kappa shape index (κ2) is 6.30. The van der Waals surface area contributed by atoms with Gasteiger partial charge in [-0.25, -0.2) is 8.78 Å². The van der Waals surface area contributed by atoms with E-state index in [0.717, 1.165) is 6.07 Å². The summed E-state index contributed by atoms with van der Waals surface area (Å²) in [6.45, 7) is 0.650. The fourth-order valence-corrected chi connectivity index (χ4v) is 1.33. The number of amides is 1. The maximum absolute atomic E-state index is 13.2. The van der Waals surface area contributed by atoms with Crippen LogP contribution in [0.25, 0.3) is 0 Å². The Morgan fingerprint density at radius 1 is 1.35 bits per heavy atom. The molecule has 1 N–H and O–H groups in total. The van der Waals surface area contributed by atoms with E-state index in [1.54, 1.807) is 14.1 Å². The summed E-state index contributed by atoms with van der Waals surface area (Å²) in [4.78, 5) is 12.7. The van der Waals surface area contributed by atoms with Crippen molar-refractivity contribution in [2.75, 3.05) is 20.6 Å². The van der Waals surface area contributed by atoms with Crippen molar-refractivity contribution in [1.29, 1.82) is 0 Å². The molecule has 0 saturated heterocycles. The first-order chi connectivity index (χ1) is 8.02. The predicted molar refractivity (Wildman–Crippen MR) is 61.4 cm³/mol. The summed E-state index contributed by atoms with van der Waals surface area (Å²) in [5.74, 6) is -1.69. The van der Waals surface area contributed by atoms with Gasteiger partial charge in [-0.15, -0.1) is 0 Å². The van der Waals surface area contributed by atoms with Gasteiger partial charge in [0.25, 0.3) is 0 Å². The van der Waals surface area contributed by atoms with Gasteiger partial charge in [-0.05, 0) is 6.07 Å². The Hall–Kier alpha value is -1.49. The molecule has 0 aliphatic heterocycles. The molecule has 0 bridgehead atoms. The van der Waals surface area contributed by atoms with E-state index >= 15 is 0 Å². The predicted octanol–water partition coefficient (Wildman–Crippen LogP) is 1.53. The number of halogens is 2. The first-order valence-electron chi connectivity index (χ1n) is 5.36. The highest BCUT2D eigenvalue weighted by Crippen LogP contribution is 2.10. The van der Waals surface area contributed by atoms with Crippen LogP contribution in [0.5, 0.6) is 0 Å². The van der Waals surface area contributed by atoms with Crippen molar-refractivity contribution in [3.63, 3.8) is 0 Å². The molecule has 17 heavy (non-hydrogen) atoms. The van der Waals surface area contributed by atoms with Gasteiger partial charge in [0.1, 0.15) is 0 Å². The van der Waals surface area contributed by atoms with E-state index in [1.807, 2.05) is 0 Å². The monoisotopic (exact) mass is 242 g/mol. The third-order valence-electron chi connectivity index (χ3n) is 2.36.